The fraction of sp³-hybridized carbons (Fsp3) is 0.133. The summed E-state index contributed by atoms with van der Waals surface area (Å²) in [5, 5.41) is 6.03. The summed E-state index contributed by atoms with van der Waals surface area (Å²) < 4.78 is 15.2. The first-order chi connectivity index (χ1) is 16.3. The van der Waals surface area contributed by atoms with E-state index in [0.717, 1.165) is 24.6 Å². The number of hydrogen-bond acceptors (Lipinski definition) is 0. The fourth-order valence-corrected chi connectivity index (χ4v) is 9.00. The van der Waals surface area contributed by atoms with E-state index in [2.05, 4.69) is 97.7 Å². The van der Waals surface area contributed by atoms with Crippen LogP contribution in [0.5, 0.6) is 0 Å². The first-order valence-electron chi connectivity index (χ1n) is 11.5. The van der Waals surface area contributed by atoms with Gasteiger partial charge in [0.05, 0.1) is 0 Å². The third-order valence-corrected chi connectivity index (χ3v) is 10.6. The Bertz CT molecular complexity index is 1120. The molecule has 0 amide bonds. The van der Waals surface area contributed by atoms with Crippen LogP contribution in [0, 0.1) is 5.82 Å². The van der Waals surface area contributed by atoms with Crippen molar-refractivity contribution in [1.82, 2.24) is 0 Å². The van der Waals surface area contributed by atoms with Gasteiger partial charge < -0.3 is 0 Å². The molecule has 0 bridgehead atoms. The van der Waals surface area contributed by atoms with Crippen LogP contribution < -0.4 is 21.2 Å². The Morgan fingerprint density at radius 1 is 0.667 bits per heavy atom. The van der Waals surface area contributed by atoms with Crippen molar-refractivity contribution in [3.63, 3.8) is 0 Å². The van der Waals surface area contributed by atoms with E-state index < -0.39 is 15.8 Å². The summed E-state index contributed by atoms with van der Waals surface area (Å²) in [4.78, 5) is 0. The van der Waals surface area contributed by atoms with Crippen molar-refractivity contribution in [3.8, 4) is 0 Å². The first kappa shape index (κ1) is 23.6. The molecule has 0 spiro atoms. The van der Waals surface area contributed by atoms with Gasteiger partial charge in [0.2, 0.25) is 0 Å². The normalized spacial score (nSPS) is 12.6. The molecule has 0 saturated heterocycles. The van der Waals surface area contributed by atoms with Crippen LogP contribution in [0.4, 0.5) is 4.39 Å². The molecular weight excluding hydrogens is 441 g/mol. The molecule has 0 fully saturated rings. The highest BCUT2D eigenvalue weighted by Gasteiger charge is 2.23. The van der Waals surface area contributed by atoms with Crippen LogP contribution in [0.3, 0.4) is 0 Å². The van der Waals surface area contributed by atoms with Crippen molar-refractivity contribution < 1.29 is 4.39 Å². The standard InChI is InChI=1S/C30H29FP2/c1-2-3-15-28(24-32(25-16-7-4-8-17-25)26-18-9-5-10-19-26)33(27-20-11-6-12-21-27)30-23-14-13-22-29(30)31/h4-14,16-24H,2-3,15H2,1H3/b28-24-. The molecule has 166 valence electrons. The number of halogens is 1. The highest BCUT2D eigenvalue weighted by Crippen LogP contribution is 2.50. The smallest absolute Gasteiger partial charge is 0.131 e. The van der Waals surface area contributed by atoms with Gasteiger partial charge in [-0.25, -0.2) is 4.39 Å². The topological polar surface area (TPSA) is 0 Å². The van der Waals surface area contributed by atoms with Gasteiger partial charge in [0, 0.05) is 5.30 Å². The van der Waals surface area contributed by atoms with E-state index in [1.54, 1.807) is 12.1 Å². The SMILES string of the molecule is CCCC/C(=C/P(c1ccccc1)c1ccccc1)P(c1ccccc1)c1ccccc1F. The van der Waals surface area contributed by atoms with Crippen molar-refractivity contribution >= 4 is 37.1 Å². The molecule has 0 aromatic heterocycles. The molecule has 0 aliphatic carbocycles. The van der Waals surface area contributed by atoms with Gasteiger partial charge in [0.15, 0.2) is 0 Å². The highest BCUT2D eigenvalue weighted by molar-refractivity contribution is 7.80. The van der Waals surface area contributed by atoms with E-state index in [9.17, 15) is 0 Å². The minimum Gasteiger partial charge on any atom is -0.206 e. The second-order valence-electron chi connectivity index (χ2n) is 7.89. The summed E-state index contributed by atoms with van der Waals surface area (Å²) in [5.74, 6) is 2.37. The summed E-state index contributed by atoms with van der Waals surface area (Å²) in [5.41, 5.74) is 0. The Labute approximate surface area is 199 Å². The predicted molar refractivity (Wildman–Crippen MR) is 146 cm³/mol. The molecule has 0 aliphatic heterocycles. The van der Waals surface area contributed by atoms with E-state index in [1.807, 2.05) is 18.2 Å². The zero-order valence-corrected chi connectivity index (χ0v) is 20.7. The molecule has 1 atom stereocenters. The lowest BCUT2D eigenvalue weighted by Crippen LogP contribution is -2.17. The maximum atomic E-state index is 15.2. The molecule has 4 rings (SSSR count). The van der Waals surface area contributed by atoms with Crippen molar-refractivity contribution in [3.05, 3.63) is 132 Å². The van der Waals surface area contributed by atoms with Crippen molar-refractivity contribution in [2.45, 2.75) is 26.2 Å². The van der Waals surface area contributed by atoms with Crippen LogP contribution in [0.15, 0.2) is 126 Å². The summed E-state index contributed by atoms with van der Waals surface area (Å²) in [6, 6.07) is 39.3. The van der Waals surface area contributed by atoms with Gasteiger partial charge in [-0.2, -0.15) is 0 Å². The second kappa shape index (κ2) is 12.0. The largest absolute Gasteiger partial charge is 0.206 e. The number of benzene rings is 4. The Hall–Kier alpha value is -2.59. The van der Waals surface area contributed by atoms with Crippen LogP contribution in [0.2, 0.25) is 0 Å². The number of unbranched alkanes of at least 4 members (excludes halogenated alkanes) is 1. The molecule has 0 heterocycles. The van der Waals surface area contributed by atoms with E-state index in [4.69, 9.17) is 0 Å². The monoisotopic (exact) mass is 470 g/mol. The second-order valence-corrected chi connectivity index (χ2v) is 12.2. The maximum Gasteiger partial charge on any atom is 0.131 e. The summed E-state index contributed by atoms with van der Waals surface area (Å²) in [6.45, 7) is 2.22. The number of allylic oxidation sites excluding steroid dienone is 1. The van der Waals surface area contributed by atoms with Gasteiger partial charge >= 0.3 is 0 Å². The van der Waals surface area contributed by atoms with E-state index in [1.165, 1.54) is 21.2 Å². The minimum absolute atomic E-state index is 0.112. The predicted octanol–water partition coefficient (Wildman–Crippen LogP) is 7.42. The van der Waals surface area contributed by atoms with E-state index >= 15 is 4.39 Å². The molecule has 0 saturated carbocycles. The van der Waals surface area contributed by atoms with Crippen molar-refractivity contribution in [2.75, 3.05) is 0 Å². The zero-order valence-electron chi connectivity index (χ0n) is 18.9. The number of hydrogen-bond donors (Lipinski definition) is 0. The van der Waals surface area contributed by atoms with Crippen LogP contribution in [-0.2, 0) is 0 Å². The summed E-state index contributed by atoms with van der Waals surface area (Å²) >= 11 is 0. The highest BCUT2D eigenvalue weighted by atomic mass is 31.1. The molecule has 4 aromatic rings. The Kier molecular flexibility index (Phi) is 8.59. The Balaban J connectivity index is 1.90. The molecule has 0 radical (unpaired) electrons. The molecule has 0 nitrogen and oxygen atoms in total. The lowest BCUT2D eigenvalue weighted by Gasteiger charge is -2.25. The first-order valence-corrected chi connectivity index (χ1v) is 14.2. The fourth-order valence-electron chi connectivity index (χ4n) is 3.89. The molecule has 4 aromatic carbocycles. The summed E-state index contributed by atoms with van der Waals surface area (Å²) in [7, 11) is -1.66. The lowest BCUT2D eigenvalue weighted by atomic mass is 10.2. The lowest BCUT2D eigenvalue weighted by molar-refractivity contribution is 0.636. The van der Waals surface area contributed by atoms with E-state index in [0.29, 0.717) is 0 Å². The van der Waals surface area contributed by atoms with E-state index in [-0.39, 0.29) is 5.82 Å². The van der Waals surface area contributed by atoms with Gasteiger partial charge in [-0.1, -0.05) is 123 Å². The van der Waals surface area contributed by atoms with Crippen LogP contribution in [0.1, 0.15) is 26.2 Å². The van der Waals surface area contributed by atoms with Gasteiger partial charge in [-0.3, -0.25) is 0 Å². The van der Waals surface area contributed by atoms with Gasteiger partial charge in [0.1, 0.15) is 5.82 Å². The molecule has 1 unspecified atom stereocenters. The molecule has 0 aliphatic rings. The quantitative estimate of drug-likeness (QED) is 0.223. The maximum absolute atomic E-state index is 15.2. The minimum atomic E-state index is -0.958. The van der Waals surface area contributed by atoms with Crippen LogP contribution in [-0.4, -0.2) is 0 Å². The third-order valence-electron chi connectivity index (χ3n) is 5.53. The molecule has 3 heteroatoms. The van der Waals surface area contributed by atoms with Gasteiger partial charge in [-0.05, 0) is 61.8 Å². The van der Waals surface area contributed by atoms with Crippen LogP contribution in [0.25, 0.3) is 0 Å². The molecule has 33 heavy (non-hydrogen) atoms. The van der Waals surface area contributed by atoms with Crippen LogP contribution >= 0.6 is 15.8 Å². The number of rotatable bonds is 9. The van der Waals surface area contributed by atoms with Crippen molar-refractivity contribution in [1.29, 1.82) is 0 Å². The average molecular weight is 471 g/mol. The van der Waals surface area contributed by atoms with Gasteiger partial charge in [0.25, 0.3) is 0 Å². The van der Waals surface area contributed by atoms with Gasteiger partial charge in [-0.15, -0.1) is 0 Å². The average Bonchev–Trinajstić information content (AvgIpc) is 2.88. The summed E-state index contributed by atoms with van der Waals surface area (Å²) in [6.07, 6.45) is 3.18. The zero-order chi connectivity index (χ0) is 22.9. The molecular formula is C30H29FP2. The third kappa shape index (κ3) is 6.05. The Morgan fingerprint density at radius 3 is 1.67 bits per heavy atom. The molecule has 0 N–H and O–H groups in total. The van der Waals surface area contributed by atoms with Crippen molar-refractivity contribution in [2.24, 2.45) is 0 Å². The Morgan fingerprint density at radius 2 is 1.15 bits per heavy atom.